The van der Waals surface area contributed by atoms with Gasteiger partial charge >= 0.3 is 6.09 Å². The van der Waals surface area contributed by atoms with Crippen LogP contribution in [0.1, 0.15) is 32.5 Å². The first-order valence-corrected chi connectivity index (χ1v) is 7.03. The summed E-state index contributed by atoms with van der Waals surface area (Å²) in [6.07, 6.45) is -0.340. The minimum absolute atomic E-state index is 0.225. The third-order valence-corrected chi connectivity index (χ3v) is 3.33. The molecule has 0 radical (unpaired) electrons. The topological polar surface area (TPSA) is 77.7 Å². The van der Waals surface area contributed by atoms with E-state index in [1.807, 2.05) is 26.2 Å². The minimum atomic E-state index is -0.513. The first-order chi connectivity index (χ1) is 8.87. The van der Waals surface area contributed by atoms with Gasteiger partial charge in [-0.15, -0.1) is 11.3 Å². The predicted octanol–water partition coefficient (Wildman–Crippen LogP) is 2.03. The normalized spacial score (nSPS) is 20.4. The molecule has 0 aliphatic carbocycles. The molecule has 0 bridgehead atoms. The molecule has 1 aromatic heterocycles. The van der Waals surface area contributed by atoms with Crippen molar-refractivity contribution in [3.8, 4) is 0 Å². The lowest BCUT2D eigenvalue weighted by Crippen LogP contribution is -2.45. The van der Waals surface area contributed by atoms with Gasteiger partial charge in [-0.3, -0.25) is 4.90 Å². The molecule has 1 amide bonds. The Morgan fingerprint density at radius 1 is 1.63 bits per heavy atom. The molecule has 2 heterocycles. The summed E-state index contributed by atoms with van der Waals surface area (Å²) in [5.74, 6) is 0. The van der Waals surface area contributed by atoms with Gasteiger partial charge in [-0.25, -0.2) is 9.78 Å². The van der Waals surface area contributed by atoms with Crippen molar-refractivity contribution in [3.63, 3.8) is 0 Å². The van der Waals surface area contributed by atoms with Crippen molar-refractivity contribution in [2.45, 2.75) is 32.4 Å². The summed E-state index contributed by atoms with van der Waals surface area (Å²) in [6, 6.07) is -0.225. The second kappa shape index (κ2) is 5.34. The van der Waals surface area contributed by atoms with E-state index in [1.54, 1.807) is 4.90 Å². The van der Waals surface area contributed by atoms with E-state index in [2.05, 4.69) is 4.98 Å². The summed E-state index contributed by atoms with van der Waals surface area (Å²) in [5, 5.41) is 2.34. The number of anilines is 1. The van der Waals surface area contributed by atoms with Crippen molar-refractivity contribution >= 4 is 22.6 Å². The first kappa shape index (κ1) is 14.1. The fourth-order valence-electron chi connectivity index (χ4n) is 1.84. The summed E-state index contributed by atoms with van der Waals surface area (Å²) < 4.78 is 10.8. The highest BCUT2D eigenvalue weighted by Gasteiger charge is 2.33. The van der Waals surface area contributed by atoms with Gasteiger partial charge in [0.2, 0.25) is 0 Å². The fourth-order valence-corrected chi connectivity index (χ4v) is 2.45. The SMILES string of the molecule is CC(C)(C)OC(=O)N1CCOCC1c1csc(N)n1. The van der Waals surface area contributed by atoms with Crippen molar-refractivity contribution in [1.82, 2.24) is 9.88 Å². The molecule has 0 aromatic carbocycles. The van der Waals surface area contributed by atoms with E-state index in [0.29, 0.717) is 24.9 Å². The summed E-state index contributed by atoms with van der Waals surface area (Å²) in [7, 11) is 0. The van der Waals surface area contributed by atoms with Crippen molar-refractivity contribution in [1.29, 1.82) is 0 Å². The van der Waals surface area contributed by atoms with E-state index in [1.165, 1.54) is 11.3 Å². The van der Waals surface area contributed by atoms with Crippen LogP contribution >= 0.6 is 11.3 Å². The molecule has 7 heteroatoms. The summed E-state index contributed by atoms with van der Waals surface area (Å²) >= 11 is 1.36. The second-order valence-electron chi connectivity index (χ2n) is 5.38. The maximum absolute atomic E-state index is 12.2. The molecule has 2 N–H and O–H groups in total. The highest BCUT2D eigenvalue weighted by atomic mass is 32.1. The second-order valence-corrected chi connectivity index (χ2v) is 6.26. The molecule has 0 saturated carbocycles. The summed E-state index contributed by atoms with van der Waals surface area (Å²) in [6.45, 7) is 6.97. The zero-order valence-corrected chi connectivity index (χ0v) is 12.2. The summed E-state index contributed by atoms with van der Waals surface area (Å²) in [4.78, 5) is 18.1. The zero-order valence-electron chi connectivity index (χ0n) is 11.4. The molecule has 2 rings (SSSR count). The quantitative estimate of drug-likeness (QED) is 0.854. The Kier molecular flexibility index (Phi) is 3.96. The number of thiazole rings is 1. The Bertz CT molecular complexity index is 455. The number of hydrogen-bond acceptors (Lipinski definition) is 6. The average Bonchev–Trinajstić information content (AvgIpc) is 2.73. The number of nitrogens with two attached hydrogens (primary N) is 1. The van der Waals surface area contributed by atoms with Crippen LogP contribution in [0.2, 0.25) is 0 Å². The van der Waals surface area contributed by atoms with Gasteiger partial charge in [0.25, 0.3) is 0 Å². The minimum Gasteiger partial charge on any atom is -0.444 e. The van der Waals surface area contributed by atoms with Crippen LogP contribution in [-0.2, 0) is 9.47 Å². The lowest BCUT2D eigenvalue weighted by atomic mass is 10.2. The molecule has 1 aromatic rings. The van der Waals surface area contributed by atoms with Gasteiger partial charge in [0, 0.05) is 11.9 Å². The van der Waals surface area contributed by atoms with E-state index in [-0.39, 0.29) is 12.1 Å². The zero-order chi connectivity index (χ0) is 14.0. The molecule has 1 aliphatic rings. The number of hydrogen-bond donors (Lipinski definition) is 1. The van der Waals surface area contributed by atoms with E-state index >= 15 is 0 Å². The number of morpholine rings is 1. The lowest BCUT2D eigenvalue weighted by molar-refractivity contribution is -0.0339. The fraction of sp³-hybridized carbons (Fsp3) is 0.667. The van der Waals surface area contributed by atoms with Crippen LogP contribution in [0.5, 0.6) is 0 Å². The van der Waals surface area contributed by atoms with Gasteiger partial charge in [0.15, 0.2) is 5.13 Å². The third-order valence-electron chi connectivity index (χ3n) is 2.64. The first-order valence-electron chi connectivity index (χ1n) is 6.15. The molecule has 0 spiro atoms. The number of nitrogens with zero attached hydrogens (tertiary/aromatic N) is 2. The van der Waals surface area contributed by atoms with Gasteiger partial charge < -0.3 is 15.2 Å². The van der Waals surface area contributed by atoms with Crippen LogP contribution in [0.25, 0.3) is 0 Å². The molecule has 6 nitrogen and oxygen atoms in total. The van der Waals surface area contributed by atoms with Crippen LogP contribution in [0.3, 0.4) is 0 Å². The Morgan fingerprint density at radius 2 is 2.37 bits per heavy atom. The smallest absolute Gasteiger partial charge is 0.411 e. The van der Waals surface area contributed by atoms with Crippen molar-refractivity contribution in [2.75, 3.05) is 25.5 Å². The third kappa shape index (κ3) is 3.57. The predicted molar refractivity (Wildman–Crippen MR) is 73.0 cm³/mol. The van der Waals surface area contributed by atoms with Crippen molar-refractivity contribution in [2.24, 2.45) is 0 Å². The molecule has 1 aliphatic heterocycles. The maximum atomic E-state index is 12.2. The van der Waals surface area contributed by atoms with Gasteiger partial charge in [0.1, 0.15) is 11.6 Å². The van der Waals surface area contributed by atoms with E-state index < -0.39 is 5.60 Å². The van der Waals surface area contributed by atoms with Crippen LogP contribution in [-0.4, -0.2) is 41.3 Å². The number of nitrogen functional groups attached to an aromatic ring is 1. The molecule has 1 saturated heterocycles. The number of rotatable bonds is 1. The molecule has 1 unspecified atom stereocenters. The molecular formula is C12H19N3O3S. The number of carbonyl (C=O) groups is 1. The lowest BCUT2D eigenvalue weighted by Gasteiger charge is -2.35. The van der Waals surface area contributed by atoms with Crippen LogP contribution in [0.4, 0.5) is 9.93 Å². The molecule has 1 fully saturated rings. The standard InChI is InChI=1S/C12H19N3O3S/c1-12(2,3)18-11(16)15-4-5-17-6-9(15)8-7-19-10(13)14-8/h7,9H,4-6H2,1-3H3,(H2,13,14). The van der Waals surface area contributed by atoms with E-state index in [4.69, 9.17) is 15.2 Å². The highest BCUT2D eigenvalue weighted by Crippen LogP contribution is 2.27. The molecular weight excluding hydrogens is 266 g/mol. The molecule has 106 valence electrons. The highest BCUT2D eigenvalue weighted by molar-refractivity contribution is 7.13. The number of amides is 1. The van der Waals surface area contributed by atoms with Crippen LogP contribution in [0, 0.1) is 0 Å². The maximum Gasteiger partial charge on any atom is 0.411 e. The molecule has 1 atom stereocenters. The number of ether oxygens (including phenoxy) is 2. The Labute approximate surface area is 116 Å². The van der Waals surface area contributed by atoms with E-state index in [9.17, 15) is 4.79 Å². The summed E-state index contributed by atoms with van der Waals surface area (Å²) in [5.41, 5.74) is 5.89. The number of aromatic nitrogens is 1. The van der Waals surface area contributed by atoms with Gasteiger partial charge in [-0.1, -0.05) is 0 Å². The van der Waals surface area contributed by atoms with Gasteiger partial charge in [-0.05, 0) is 20.8 Å². The van der Waals surface area contributed by atoms with Crippen LogP contribution in [0.15, 0.2) is 5.38 Å². The Balaban J connectivity index is 2.14. The molecule has 19 heavy (non-hydrogen) atoms. The van der Waals surface area contributed by atoms with Gasteiger partial charge in [0.05, 0.1) is 18.9 Å². The Hall–Kier alpha value is -1.34. The largest absolute Gasteiger partial charge is 0.444 e. The Morgan fingerprint density at radius 3 is 2.95 bits per heavy atom. The monoisotopic (exact) mass is 285 g/mol. The van der Waals surface area contributed by atoms with E-state index in [0.717, 1.165) is 5.69 Å². The van der Waals surface area contributed by atoms with Gasteiger partial charge in [-0.2, -0.15) is 0 Å². The van der Waals surface area contributed by atoms with Crippen molar-refractivity contribution < 1.29 is 14.3 Å². The average molecular weight is 285 g/mol. The van der Waals surface area contributed by atoms with Crippen LogP contribution < -0.4 is 5.73 Å². The van der Waals surface area contributed by atoms with Crippen molar-refractivity contribution in [3.05, 3.63) is 11.1 Å². The number of carbonyl (C=O) groups excluding carboxylic acids is 1.